The summed E-state index contributed by atoms with van der Waals surface area (Å²) < 4.78 is 53.7. The monoisotopic (exact) mass is 364 g/mol. The number of hydrogen-bond donors (Lipinski definition) is 1. The number of alkyl halides is 3. The third-order valence-corrected chi connectivity index (χ3v) is 3.76. The minimum Gasteiger partial charge on any atom is -0.384 e. The number of aromatic nitrogens is 1. The lowest BCUT2D eigenvalue weighted by molar-refractivity contribution is -0.141. The van der Waals surface area contributed by atoms with Crippen molar-refractivity contribution in [2.45, 2.75) is 26.4 Å². The van der Waals surface area contributed by atoms with Gasteiger partial charge in [0, 0.05) is 27.7 Å². The Bertz CT molecular complexity index is 683. The van der Waals surface area contributed by atoms with Crippen LogP contribution in [0.2, 0.25) is 0 Å². The van der Waals surface area contributed by atoms with E-state index in [9.17, 15) is 17.6 Å². The highest BCUT2D eigenvalue weighted by atomic mass is 79.9. The van der Waals surface area contributed by atoms with Crippen molar-refractivity contribution in [3.63, 3.8) is 0 Å². The second-order valence-electron chi connectivity index (χ2n) is 4.64. The Hall–Kier alpha value is -1.37. The molecule has 21 heavy (non-hydrogen) atoms. The fraction of sp³-hybridized carbons (Fsp3) is 0.357. The maximum absolute atomic E-state index is 13.9. The predicted molar refractivity (Wildman–Crippen MR) is 77.9 cm³/mol. The molecule has 0 amide bonds. The van der Waals surface area contributed by atoms with Gasteiger partial charge in [0.1, 0.15) is 17.0 Å². The third-order valence-electron chi connectivity index (χ3n) is 3.10. The molecule has 0 atom stereocenters. The first-order valence-electron chi connectivity index (χ1n) is 6.36. The van der Waals surface area contributed by atoms with Crippen molar-refractivity contribution < 1.29 is 17.6 Å². The fourth-order valence-electron chi connectivity index (χ4n) is 2.14. The second kappa shape index (κ2) is 5.79. The van der Waals surface area contributed by atoms with Crippen LogP contribution in [0.3, 0.4) is 0 Å². The number of hydrogen-bond acceptors (Lipinski definition) is 2. The molecule has 1 heterocycles. The van der Waals surface area contributed by atoms with Crippen molar-refractivity contribution >= 4 is 32.5 Å². The van der Waals surface area contributed by atoms with Gasteiger partial charge in [-0.05, 0) is 25.5 Å². The highest BCUT2D eigenvalue weighted by Gasteiger charge is 2.36. The normalized spacial score (nSPS) is 12.0. The first-order chi connectivity index (χ1) is 9.77. The molecule has 0 aliphatic heterocycles. The van der Waals surface area contributed by atoms with E-state index in [0.717, 1.165) is 12.5 Å². The zero-order valence-electron chi connectivity index (χ0n) is 11.4. The minimum absolute atomic E-state index is 0.0326. The van der Waals surface area contributed by atoms with Gasteiger partial charge in [0.2, 0.25) is 0 Å². The van der Waals surface area contributed by atoms with Gasteiger partial charge in [-0.1, -0.05) is 22.9 Å². The van der Waals surface area contributed by atoms with Crippen LogP contribution in [0.25, 0.3) is 10.9 Å². The molecule has 0 fully saturated rings. The molecule has 1 aromatic carbocycles. The largest absolute Gasteiger partial charge is 0.433 e. The molecule has 2 aromatic rings. The number of anilines is 1. The molecule has 0 aliphatic rings. The van der Waals surface area contributed by atoms with Gasteiger partial charge in [-0.15, -0.1) is 0 Å². The molecular weight excluding hydrogens is 352 g/mol. The van der Waals surface area contributed by atoms with Crippen molar-refractivity contribution in [3.8, 4) is 0 Å². The van der Waals surface area contributed by atoms with Gasteiger partial charge < -0.3 is 5.32 Å². The molecule has 0 bridgehead atoms. The zero-order valence-corrected chi connectivity index (χ0v) is 13.0. The Morgan fingerprint density at radius 3 is 2.52 bits per heavy atom. The van der Waals surface area contributed by atoms with Crippen LogP contribution in [0.4, 0.5) is 23.2 Å². The summed E-state index contributed by atoms with van der Waals surface area (Å²) in [6.07, 6.45) is -3.90. The van der Waals surface area contributed by atoms with Gasteiger partial charge >= 0.3 is 6.18 Å². The quantitative estimate of drug-likeness (QED) is 0.748. The lowest BCUT2D eigenvalue weighted by atomic mass is 10.1. The van der Waals surface area contributed by atoms with E-state index in [-0.39, 0.29) is 16.8 Å². The number of fused-ring (bicyclic) bond motifs is 1. The number of nitrogens with zero attached hydrogens (tertiary/aromatic N) is 1. The van der Waals surface area contributed by atoms with Crippen molar-refractivity contribution in [2.24, 2.45) is 0 Å². The van der Waals surface area contributed by atoms with Crippen LogP contribution >= 0.6 is 15.9 Å². The van der Waals surface area contributed by atoms with Crippen LogP contribution in [0.5, 0.6) is 0 Å². The smallest absolute Gasteiger partial charge is 0.384 e. The molecule has 0 aliphatic carbocycles. The van der Waals surface area contributed by atoms with Gasteiger partial charge in [0.15, 0.2) is 0 Å². The molecular formula is C14H13BrF4N2. The summed E-state index contributed by atoms with van der Waals surface area (Å²) in [5, 5.41) is 3.28. The molecule has 114 valence electrons. The van der Waals surface area contributed by atoms with Crippen LogP contribution < -0.4 is 5.32 Å². The topological polar surface area (TPSA) is 24.9 Å². The number of rotatable bonds is 3. The van der Waals surface area contributed by atoms with Gasteiger partial charge in [-0.25, -0.2) is 9.37 Å². The molecule has 0 saturated heterocycles. The summed E-state index contributed by atoms with van der Waals surface area (Å²) in [6.45, 7) is 3.72. The standard InChI is InChI=1S/C14H13BrF4N2/c1-3-6-20-11-7(2)13(14(17,18)19)21-12-9(16)5-4-8(15)10(11)12/h4-5H,3,6H2,1-2H3,(H,20,21). The lowest BCUT2D eigenvalue weighted by Gasteiger charge is -2.18. The maximum atomic E-state index is 13.9. The van der Waals surface area contributed by atoms with Crippen molar-refractivity contribution in [1.29, 1.82) is 0 Å². The molecule has 0 radical (unpaired) electrons. The molecule has 1 aromatic heterocycles. The lowest BCUT2D eigenvalue weighted by Crippen LogP contribution is -2.14. The SMILES string of the molecule is CCCNc1c(C)c(C(F)(F)F)nc2c(F)ccc(Br)c12. The summed E-state index contributed by atoms with van der Waals surface area (Å²) in [7, 11) is 0. The average molecular weight is 365 g/mol. The third kappa shape index (κ3) is 2.97. The Balaban J connectivity index is 2.86. The highest BCUT2D eigenvalue weighted by molar-refractivity contribution is 9.10. The molecule has 1 N–H and O–H groups in total. The van der Waals surface area contributed by atoms with Crippen molar-refractivity contribution in [3.05, 3.63) is 33.7 Å². The van der Waals surface area contributed by atoms with Crippen molar-refractivity contribution in [2.75, 3.05) is 11.9 Å². The molecule has 0 spiro atoms. The van der Waals surface area contributed by atoms with E-state index in [1.165, 1.54) is 13.0 Å². The average Bonchev–Trinajstić information content (AvgIpc) is 2.40. The number of halogens is 5. The van der Waals surface area contributed by atoms with E-state index >= 15 is 0 Å². The first-order valence-corrected chi connectivity index (χ1v) is 7.16. The van der Waals surface area contributed by atoms with Crippen LogP contribution in [-0.4, -0.2) is 11.5 Å². The Morgan fingerprint density at radius 1 is 1.29 bits per heavy atom. The summed E-state index contributed by atoms with van der Waals surface area (Å²) in [5.41, 5.74) is -1.12. The maximum Gasteiger partial charge on any atom is 0.433 e. The van der Waals surface area contributed by atoms with Crippen LogP contribution in [0, 0.1) is 12.7 Å². The van der Waals surface area contributed by atoms with E-state index in [1.54, 1.807) is 0 Å². The highest BCUT2D eigenvalue weighted by Crippen LogP contribution is 2.40. The van der Waals surface area contributed by atoms with Crippen molar-refractivity contribution in [1.82, 2.24) is 4.98 Å². The zero-order chi connectivity index (χ0) is 15.8. The van der Waals surface area contributed by atoms with E-state index < -0.39 is 17.7 Å². The fourth-order valence-corrected chi connectivity index (χ4v) is 2.65. The van der Waals surface area contributed by atoms with Crippen LogP contribution in [0.1, 0.15) is 24.6 Å². The molecule has 2 rings (SSSR count). The summed E-state index contributed by atoms with van der Waals surface area (Å²) in [4.78, 5) is 3.51. The van der Waals surface area contributed by atoms with Gasteiger partial charge in [0.05, 0.1) is 0 Å². The van der Waals surface area contributed by atoms with E-state index in [2.05, 4.69) is 26.2 Å². The number of nitrogens with one attached hydrogen (secondary N) is 1. The first kappa shape index (κ1) is 16.0. The summed E-state index contributed by atoms with van der Waals surface area (Å²) in [5.74, 6) is -0.779. The van der Waals surface area contributed by atoms with E-state index in [1.807, 2.05) is 6.92 Å². The minimum atomic E-state index is -4.63. The van der Waals surface area contributed by atoms with Gasteiger partial charge in [-0.2, -0.15) is 13.2 Å². The summed E-state index contributed by atoms with van der Waals surface area (Å²) >= 11 is 3.26. The molecule has 2 nitrogen and oxygen atoms in total. The predicted octanol–water partition coefficient (Wildman–Crippen LogP) is 5.29. The summed E-state index contributed by atoms with van der Waals surface area (Å²) in [6, 6.07) is 2.56. The van der Waals surface area contributed by atoms with E-state index in [0.29, 0.717) is 16.4 Å². The molecule has 0 unspecified atom stereocenters. The Kier molecular flexibility index (Phi) is 4.41. The number of pyridine rings is 1. The Labute approximate surface area is 127 Å². The Morgan fingerprint density at radius 2 is 1.95 bits per heavy atom. The van der Waals surface area contributed by atoms with Gasteiger partial charge in [-0.3, -0.25) is 0 Å². The number of benzene rings is 1. The molecule has 7 heteroatoms. The molecule has 0 saturated carbocycles. The second-order valence-corrected chi connectivity index (χ2v) is 5.49. The van der Waals surface area contributed by atoms with Gasteiger partial charge in [0.25, 0.3) is 0 Å². The van der Waals surface area contributed by atoms with Crippen LogP contribution in [0.15, 0.2) is 16.6 Å². The van der Waals surface area contributed by atoms with Crippen LogP contribution in [-0.2, 0) is 6.18 Å². The van der Waals surface area contributed by atoms with E-state index in [4.69, 9.17) is 0 Å².